The Morgan fingerprint density at radius 1 is 1.33 bits per heavy atom. The summed E-state index contributed by atoms with van der Waals surface area (Å²) >= 11 is 0. The van der Waals surface area contributed by atoms with E-state index in [4.69, 9.17) is 15.3 Å². The summed E-state index contributed by atoms with van der Waals surface area (Å²) in [7, 11) is 0. The fourth-order valence-electron chi connectivity index (χ4n) is 1.06. The Morgan fingerprint density at radius 3 is 2.67 bits per heavy atom. The van der Waals surface area contributed by atoms with Gasteiger partial charge in [-0.05, 0) is 29.8 Å². The van der Waals surface area contributed by atoms with Crippen molar-refractivity contribution >= 4 is 12.1 Å². The lowest BCUT2D eigenvalue weighted by molar-refractivity contribution is -0.120. The first-order chi connectivity index (χ1) is 8.76. The second-order valence-electron chi connectivity index (χ2n) is 3.14. The normalized spacial score (nSPS) is 9.44. The van der Waals surface area contributed by atoms with E-state index in [9.17, 15) is 4.79 Å². The van der Waals surface area contributed by atoms with E-state index in [0.29, 0.717) is 5.75 Å². The molecular weight excluding hydrogens is 232 g/mol. The standard InChI is InChI=1S/C12H10N4O2/c13-6-5-12(17)16-15-9-10-1-3-11(4-2-10)18-8-7-14/h1-4,9H,5,8H2,(H,16,17)/b15-9+. The number of rotatable bonds is 5. The molecular formula is C12H10N4O2. The number of nitrogens with zero attached hydrogens (tertiary/aromatic N) is 3. The number of carbonyl (C=O) groups is 1. The van der Waals surface area contributed by atoms with Gasteiger partial charge in [0.25, 0.3) is 5.91 Å². The van der Waals surface area contributed by atoms with Crippen molar-refractivity contribution in [2.75, 3.05) is 6.61 Å². The highest BCUT2D eigenvalue weighted by Crippen LogP contribution is 2.10. The molecule has 0 saturated carbocycles. The van der Waals surface area contributed by atoms with Crippen molar-refractivity contribution < 1.29 is 9.53 Å². The molecule has 0 saturated heterocycles. The Morgan fingerprint density at radius 2 is 2.06 bits per heavy atom. The third-order valence-electron chi connectivity index (χ3n) is 1.83. The molecule has 18 heavy (non-hydrogen) atoms. The Balaban J connectivity index is 2.49. The predicted octanol–water partition coefficient (Wildman–Crippen LogP) is 0.953. The first kappa shape index (κ1) is 13.2. The molecule has 6 heteroatoms. The highest BCUT2D eigenvalue weighted by Gasteiger charge is 1.96. The summed E-state index contributed by atoms with van der Waals surface area (Å²) < 4.78 is 5.07. The maximum absolute atomic E-state index is 10.9. The molecule has 1 N–H and O–H groups in total. The molecule has 0 aliphatic carbocycles. The maximum atomic E-state index is 10.9. The van der Waals surface area contributed by atoms with Crippen molar-refractivity contribution in [1.29, 1.82) is 10.5 Å². The first-order valence-electron chi connectivity index (χ1n) is 5.05. The molecule has 0 aromatic heterocycles. The van der Waals surface area contributed by atoms with Gasteiger partial charge in [0.1, 0.15) is 18.2 Å². The summed E-state index contributed by atoms with van der Waals surface area (Å²) in [5.74, 6) is 0.130. The molecule has 6 nitrogen and oxygen atoms in total. The van der Waals surface area contributed by atoms with E-state index < -0.39 is 5.91 Å². The zero-order valence-electron chi connectivity index (χ0n) is 9.46. The van der Waals surface area contributed by atoms with E-state index in [1.165, 1.54) is 6.21 Å². The van der Waals surface area contributed by atoms with Crippen LogP contribution in [0.25, 0.3) is 0 Å². The van der Waals surface area contributed by atoms with Crippen molar-refractivity contribution in [3.63, 3.8) is 0 Å². The zero-order valence-corrected chi connectivity index (χ0v) is 9.46. The smallest absolute Gasteiger partial charge is 0.254 e. The number of nitriles is 2. The largest absolute Gasteiger partial charge is 0.479 e. The predicted molar refractivity (Wildman–Crippen MR) is 63.5 cm³/mol. The van der Waals surface area contributed by atoms with E-state index in [1.807, 2.05) is 6.07 Å². The number of amides is 1. The van der Waals surface area contributed by atoms with Crippen LogP contribution in [0.5, 0.6) is 5.75 Å². The number of hydrogen-bond donors (Lipinski definition) is 1. The third kappa shape index (κ3) is 4.77. The van der Waals surface area contributed by atoms with Crippen LogP contribution in [0.4, 0.5) is 0 Å². The molecule has 0 atom stereocenters. The minimum Gasteiger partial charge on any atom is -0.479 e. The van der Waals surface area contributed by atoms with Gasteiger partial charge in [-0.15, -0.1) is 0 Å². The molecule has 0 aliphatic heterocycles. The average molecular weight is 242 g/mol. The second kappa shape index (κ2) is 7.42. The van der Waals surface area contributed by atoms with Crippen molar-refractivity contribution in [2.45, 2.75) is 6.42 Å². The van der Waals surface area contributed by atoms with Crippen LogP contribution >= 0.6 is 0 Å². The lowest BCUT2D eigenvalue weighted by Crippen LogP contribution is -2.16. The summed E-state index contributed by atoms with van der Waals surface area (Å²) in [6.07, 6.45) is 1.22. The Bertz CT molecular complexity index is 508. The molecule has 0 aliphatic rings. The third-order valence-corrected chi connectivity index (χ3v) is 1.83. The molecule has 1 aromatic rings. The number of carbonyl (C=O) groups excluding carboxylic acids is 1. The van der Waals surface area contributed by atoms with E-state index >= 15 is 0 Å². The number of ether oxygens (including phenoxy) is 1. The number of hydrogen-bond acceptors (Lipinski definition) is 5. The van der Waals surface area contributed by atoms with Crippen LogP contribution in [-0.2, 0) is 4.79 Å². The van der Waals surface area contributed by atoms with Crippen LogP contribution in [-0.4, -0.2) is 18.7 Å². The van der Waals surface area contributed by atoms with Gasteiger partial charge in [-0.2, -0.15) is 15.6 Å². The number of hydrazone groups is 1. The van der Waals surface area contributed by atoms with Crippen molar-refractivity contribution in [2.24, 2.45) is 5.10 Å². The van der Waals surface area contributed by atoms with Crippen LogP contribution < -0.4 is 10.2 Å². The molecule has 0 fully saturated rings. The van der Waals surface area contributed by atoms with Gasteiger partial charge >= 0.3 is 0 Å². The molecule has 0 heterocycles. The van der Waals surface area contributed by atoms with Crippen LogP contribution in [0.2, 0.25) is 0 Å². The van der Waals surface area contributed by atoms with Gasteiger partial charge in [0.2, 0.25) is 0 Å². The molecule has 0 bridgehead atoms. The lowest BCUT2D eigenvalue weighted by Gasteiger charge is -2.00. The topological polar surface area (TPSA) is 98.3 Å². The molecule has 1 amide bonds. The highest BCUT2D eigenvalue weighted by atomic mass is 16.5. The zero-order chi connectivity index (χ0) is 13.2. The number of nitrogens with one attached hydrogen (secondary N) is 1. The summed E-state index contributed by atoms with van der Waals surface area (Å²) in [5.41, 5.74) is 2.98. The highest BCUT2D eigenvalue weighted by molar-refractivity contribution is 5.83. The maximum Gasteiger partial charge on any atom is 0.254 e. The van der Waals surface area contributed by atoms with E-state index in [0.717, 1.165) is 5.56 Å². The summed E-state index contributed by atoms with van der Waals surface area (Å²) in [6.45, 7) is -0.00233. The van der Waals surface area contributed by atoms with Gasteiger partial charge in [-0.1, -0.05) is 0 Å². The van der Waals surface area contributed by atoms with Crippen molar-refractivity contribution in [3.05, 3.63) is 29.8 Å². The van der Waals surface area contributed by atoms with Crippen LogP contribution in [0, 0.1) is 22.7 Å². The average Bonchev–Trinajstić information content (AvgIpc) is 2.38. The fraction of sp³-hybridized carbons (Fsp3) is 0.167. The Hall–Kier alpha value is -2.86. The second-order valence-corrected chi connectivity index (χ2v) is 3.14. The Labute approximate surface area is 104 Å². The summed E-state index contributed by atoms with van der Waals surface area (Å²) in [4.78, 5) is 10.9. The monoisotopic (exact) mass is 242 g/mol. The van der Waals surface area contributed by atoms with Crippen LogP contribution in [0.1, 0.15) is 12.0 Å². The van der Waals surface area contributed by atoms with E-state index in [1.54, 1.807) is 30.3 Å². The SMILES string of the molecule is N#CCOc1ccc(/C=N/NC(=O)CC#N)cc1. The Kier molecular flexibility index (Phi) is 5.44. The molecule has 0 spiro atoms. The van der Waals surface area contributed by atoms with E-state index in [2.05, 4.69) is 10.5 Å². The molecule has 0 radical (unpaired) electrons. The number of benzene rings is 1. The van der Waals surface area contributed by atoms with Gasteiger partial charge in [0.05, 0.1) is 12.3 Å². The minimum atomic E-state index is -0.456. The van der Waals surface area contributed by atoms with Gasteiger partial charge in [0.15, 0.2) is 6.61 Å². The minimum absolute atomic E-state index is 0.00233. The molecule has 90 valence electrons. The van der Waals surface area contributed by atoms with E-state index in [-0.39, 0.29) is 13.0 Å². The van der Waals surface area contributed by atoms with Crippen LogP contribution in [0.3, 0.4) is 0 Å². The van der Waals surface area contributed by atoms with Gasteiger partial charge in [-0.3, -0.25) is 4.79 Å². The lowest BCUT2D eigenvalue weighted by atomic mass is 10.2. The van der Waals surface area contributed by atoms with Gasteiger partial charge in [0, 0.05) is 0 Å². The van der Waals surface area contributed by atoms with Crippen molar-refractivity contribution in [1.82, 2.24) is 5.43 Å². The first-order valence-corrected chi connectivity index (χ1v) is 5.05. The molecule has 1 aromatic carbocycles. The molecule has 0 unspecified atom stereocenters. The van der Waals surface area contributed by atoms with Crippen LogP contribution in [0.15, 0.2) is 29.4 Å². The summed E-state index contributed by atoms with van der Waals surface area (Å²) in [5, 5.41) is 20.3. The van der Waals surface area contributed by atoms with Gasteiger partial charge < -0.3 is 4.74 Å². The fourth-order valence-corrected chi connectivity index (χ4v) is 1.06. The molecule has 1 rings (SSSR count). The van der Waals surface area contributed by atoms with Crippen molar-refractivity contribution in [3.8, 4) is 17.9 Å². The summed E-state index contributed by atoms with van der Waals surface area (Å²) in [6, 6.07) is 10.4. The quantitative estimate of drug-likeness (QED) is 0.613. The van der Waals surface area contributed by atoms with Gasteiger partial charge in [-0.25, -0.2) is 5.43 Å².